The predicted molar refractivity (Wildman–Crippen MR) is 81.0 cm³/mol. The summed E-state index contributed by atoms with van der Waals surface area (Å²) < 4.78 is 45.2. The highest BCUT2D eigenvalue weighted by atomic mass is 19.4. The van der Waals surface area contributed by atoms with Gasteiger partial charge in [0.2, 0.25) is 11.7 Å². The average molecular weight is 354 g/mol. The topological polar surface area (TPSA) is 117 Å². The SMILES string of the molecule is Nc1nc(C2CC2)ncc1-c1noc(C(N)C2(C(F)(F)F)CCC2)n1. The molecule has 0 spiro atoms. The van der Waals surface area contributed by atoms with Crippen molar-refractivity contribution in [2.24, 2.45) is 11.1 Å². The molecule has 0 aliphatic heterocycles. The lowest BCUT2D eigenvalue weighted by Crippen LogP contribution is -2.51. The Bertz CT molecular complexity index is 797. The number of rotatable bonds is 4. The zero-order chi connectivity index (χ0) is 17.8. The summed E-state index contributed by atoms with van der Waals surface area (Å²) in [5, 5.41) is 3.72. The molecule has 134 valence electrons. The third-order valence-electron chi connectivity index (χ3n) is 5.13. The normalized spacial score (nSPS) is 21.0. The number of alkyl halides is 3. The Labute approximate surface area is 141 Å². The van der Waals surface area contributed by atoms with Crippen LogP contribution in [0, 0.1) is 5.41 Å². The van der Waals surface area contributed by atoms with Gasteiger partial charge in [0.1, 0.15) is 11.6 Å². The monoisotopic (exact) mass is 354 g/mol. The Morgan fingerprint density at radius 2 is 1.96 bits per heavy atom. The maximum absolute atomic E-state index is 13.4. The van der Waals surface area contributed by atoms with Gasteiger partial charge in [0, 0.05) is 12.1 Å². The van der Waals surface area contributed by atoms with Crippen molar-refractivity contribution in [3.8, 4) is 11.4 Å². The smallest absolute Gasteiger partial charge is 0.383 e. The van der Waals surface area contributed by atoms with Gasteiger partial charge < -0.3 is 16.0 Å². The predicted octanol–water partition coefficient (Wildman–Crippen LogP) is 2.72. The second-order valence-electron chi connectivity index (χ2n) is 6.74. The quantitative estimate of drug-likeness (QED) is 0.867. The van der Waals surface area contributed by atoms with Crippen molar-refractivity contribution in [1.29, 1.82) is 0 Å². The van der Waals surface area contributed by atoms with Crippen LogP contribution in [0.5, 0.6) is 0 Å². The maximum atomic E-state index is 13.4. The van der Waals surface area contributed by atoms with Crippen molar-refractivity contribution in [3.63, 3.8) is 0 Å². The lowest BCUT2D eigenvalue weighted by Gasteiger charge is -2.45. The van der Waals surface area contributed by atoms with E-state index in [2.05, 4.69) is 20.1 Å². The Morgan fingerprint density at radius 3 is 2.48 bits per heavy atom. The molecule has 2 aliphatic rings. The highest BCUT2D eigenvalue weighted by Crippen LogP contribution is 2.58. The minimum absolute atomic E-state index is 0.0435. The number of anilines is 1. The molecule has 25 heavy (non-hydrogen) atoms. The zero-order valence-electron chi connectivity index (χ0n) is 13.3. The lowest BCUT2D eigenvalue weighted by atomic mass is 9.63. The van der Waals surface area contributed by atoms with Gasteiger partial charge in [-0.15, -0.1) is 0 Å². The van der Waals surface area contributed by atoms with Crippen LogP contribution in [0.3, 0.4) is 0 Å². The molecule has 2 aliphatic carbocycles. The Morgan fingerprint density at radius 1 is 1.24 bits per heavy atom. The molecule has 2 saturated carbocycles. The molecule has 4 N–H and O–H groups in total. The van der Waals surface area contributed by atoms with Crippen LogP contribution in [0.2, 0.25) is 0 Å². The van der Waals surface area contributed by atoms with Crippen LogP contribution in [0.1, 0.15) is 55.8 Å². The summed E-state index contributed by atoms with van der Waals surface area (Å²) in [6, 6.07) is -1.41. The first kappa shape index (κ1) is 16.2. The number of nitrogen functional groups attached to an aromatic ring is 1. The largest absolute Gasteiger partial charge is 0.396 e. The summed E-state index contributed by atoms with van der Waals surface area (Å²) in [5.74, 6) is 0.953. The molecule has 1 atom stereocenters. The first-order valence-electron chi connectivity index (χ1n) is 8.10. The number of nitrogens with zero attached hydrogens (tertiary/aromatic N) is 4. The van der Waals surface area contributed by atoms with E-state index in [-0.39, 0.29) is 30.4 Å². The van der Waals surface area contributed by atoms with E-state index in [1.165, 1.54) is 6.20 Å². The van der Waals surface area contributed by atoms with E-state index in [0.717, 1.165) is 12.8 Å². The van der Waals surface area contributed by atoms with Crippen LogP contribution >= 0.6 is 0 Å². The number of nitrogens with two attached hydrogens (primary N) is 2. The van der Waals surface area contributed by atoms with Crippen molar-refractivity contribution < 1.29 is 17.7 Å². The van der Waals surface area contributed by atoms with Gasteiger partial charge in [-0.3, -0.25) is 0 Å². The van der Waals surface area contributed by atoms with Crippen molar-refractivity contribution in [1.82, 2.24) is 20.1 Å². The van der Waals surface area contributed by atoms with E-state index in [0.29, 0.717) is 23.7 Å². The fourth-order valence-corrected chi connectivity index (χ4v) is 3.16. The molecular weight excluding hydrogens is 337 g/mol. The highest BCUT2D eigenvalue weighted by molar-refractivity contribution is 5.66. The first-order valence-corrected chi connectivity index (χ1v) is 8.10. The molecular formula is C15H17F3N6O. The number of hydrogen-bond donors (Lipinski definition) is 2. The minimum atomic E-state index is -4.42. The van der Waals surface area contributed by atoms with Crippen LogP contribution in [0.25, 0.3) is 11.4 Å². The lowest BCUT2D eigenvalue weighted by molar-refractivity contribution is -0.261. The van der Waals surface area contributed by atoms with Crippen molar-refractivity contribution >= 4 is 5.82 Å². The summed E-state index contributed by atoms with van der Waals surface area (Å²) in [4.78, 5) is 12.5. The third kappa shape index (κ3) is 2.55. The minimum Gasteiger partial charge on any atom is -0.383 e. The summed E-state index contributed by atoms with van der Waals surface area (Å²) in [5.41, 5.74) is 10.1. The van der Waals surface area contributed by atoms with Gasteiger partial charge in [0.05, 0.1) is 17.0 Å². The molecule has 2 fully saturated rings. The molecule has 0 radical (unpaired) electrons. The van der Waals surface area contributed by atoms with Crippen LogP contribution in [0.4, 0.5) is 19.0 Å². The number of hydrogen-bond acceptors (Lipinski definition) is 7. The molecule has 7 nitrogen and oxygen atoms in total. The second-order valence-corrected chi connectivity index (χ2v) is 6.74. The molecule has 1 unspecified atom stereocenters. The molecule has 0 bridgehead atoms. The van der Waals surface area contributed by atoms with Gasteiger partial charge in [-0.05, 0) is 25.7 Å². The number of halogens is 3. The summed E-state index contributed by atoms with van der Waals surface area (Å²) in [6.45, 7) is 0. The van der Waals surface area contributed by atoms with Crippen LogP contribution in [-0.4, -0.2) is 26.3 Å². The highest BCUT2D eigenvalue weighted by Gasteiger charge is 2.63. The van der Waals surface area contributed by atoms with E-state index in [1.54, 1.807) is 0 Å². The van der Waals surface area contributed by atoms with Crippen molar-refractivity contribution in [2.45, 2.75) is 50.2 Å². The van der Waals surface area contributed by atoms with Crippen LogP contribution < -0.4 is 11.5 Å². The zero-order valence-corrected chi connectivity index (χ0v) is 13.3. The van der Waals surface area contributed by atoms with Crippen LogP contribution in [-0.2, 0) is 0 Å². The summed E-state index contributed by atoms with van der Waals surface area (Å²) in [7, 11) is 0. The molecule has 2 aromatic rings. The molecule has 0 amide bonds. The molecule has 2 heterocycles. The van der Waals surface area contributed by atoms with Crippen molar-refractivity contribution in [3.05, 3.63) is 17.9 Å². The molecule has 0 aromatic carbocycles. The van der Waals surface area contributed by atoms with Gasteiger partial charge in [-0.25, -0.2) is 9.97 Å². The van der Waals surface area contributed by atoms with E-state index in [9.17, 15) is 13.2 Å². The third-order valence-corrected chi connectivity index (χ3v) is 5.13. The Kier molecular flexibility index (Phi) is 3.50. The molecule has 4 rings (SSSR count). The summed E-state index contributed by atoms with van der Waals surface area (Å²) in [6.07, 6.45) is -0.517. The van der Waals surface area contributed by atoms with Gasteiger partial charge in [0.25, 0.3) is 0 Å². The fourth-order valence-electron chi connectivity index (χ4n) is 3.16. The van der Waals surface area contributed by atoms with Gasteiger partial charge in [-0.1, -0.05) is 11.6 Å². The van der Waals surface area contributed by atoms with Gasteiger partial charge >= 0.3 is 6.18 Å². The molecule has 2 aromatic heterocycles. The Balaban J connectivity index is 1.62. The average Bonchev–Trinajstić information content (AvgIpc) is 3.22. The van der Waals surface area contributed by atoms with Crippen molar-refractivity contribution in [2.75, 3.05) is 5.73 Å². The van der Waals surface area contributed by atoms with Crippen LogP contribution in [0.15, 0.2) is 10.7 Å². The summed E-state index contributed by atoms with van der Waals surface area (Å²) >= 11 is 0. The van der Waals surface area contributed by atoms with Gasteiger partial charge in [0.15, 0.2) is 0 Å². The van der Waals surface area contributed by atoms with E-state index in [1.807, 2.05) is 0 Å². The Hall–Kier alpha value is -2.23. The van der Waals surface area contributed by atoms with E-state index >= 15 is 0 Å². The van der Waals surface area contributed by atoms with E-state index < -0.39 is 17.6 Å². The second kappa shape index (κ2) is 5.38. The fraction of sp³-hybridized carbons (Fsp3) is 0.600. The maximum Gasteiger partial charge on any atom is 0.396 e. The first-order chi connectivity index (χ1) is 11.8. The van der Waals surface area contributed by atoms with Gasteiger partial charge in [-0.2, -0.15) is 18.2 Å². The number of aromatic nitrogens is 4. The van der Waals surface area contributed by atoms with E-state index in [4.69, 9.17) is 16.0 Å². The molecule has 10 heteroatoms. The standard InChI is InChI=1S/C15H17F3N6O/c16-15(17,18)14(4-1-5-14)9(19)13-23-12(24-25-13)8-6-21-11(7-2-3-7)22-10(8)20/h6-7,9H,1-5,19H2,(H2,20,21,22). The molecule has 0 saturated heterocycles.